The van der Waals surface area contributed by atoms with E-state index in [0.29, 0.717) is 5.75 Å². The van der Waals surface area contributed by atoms with Crippen molar-refractivity contribution in [1.29, 1.82) is 0 Å². The molecule has 0 aliphatic rings. The summed E-state index contributed by atoms with van der Waals surface area (Å²) in [6, 6.07) is 7.43. The van der Waals surface area contributed by atoms with E-state index in [-0.39, 0.29) is 0 Å². The highest BCUT2D eigenvalue weighted by atomic mass is 32.2. The molecule has 2 aromatic rings. The van der Waals surface area contributed by atoms with E-state index >= 15 is 0 Å². The van der Waals surface area contributed by atoms with E-state index in [4.69, 9.17) is 4.74 Å². The quantitative estimate of drug-likeness (QED) is 0.833. The van der Waals surface area contributed by atoms with Gasteiger partial charge in [0.1, 0.15) is 12.1 Å². The van der Waals surface area contributed by atoms with Gasteiger partial charge in [-0.3, -0.25) is 0 Å². The number of nitrogens with zero attached hydrogens (tertiary/aromatic N) is 3. The number of aliphatic hydroxyl groups excluding tert-OH is 1. The fraction of sp³-hybridized carbons (Fsp3) is 0.333. The zero-order valence-corrected chi connectivity index (χ0v) is 11.1. The predicted molar refractivity (Wildman–Crippen MR) is 69.7 cm³/mol. The summed E-state index contributed by atoms with van der Waals surface area (Å²) in [4.78, 5) is 4.09. The highest BCUT2D eigenvalue weighted by Crippen LogP contribution is 2.24. The van der Waals surface area contributed by atoms with Crippen LogP contribution in [0, 0.1) is 0 Å². The molecule has 1 unspecified atom stereocenters. The van der Waals surface area contributed by atoms with E-state index in [2.05, 4.69) is 10.1 Å². The number of rotatable bonds is 5. The van der Waals surface area contributed by atoms with Crippen molar-refractivity contribution >= 4 is 11.8 Å². The Balaban J connectivity index is 1.99. The van der Waals surface area contributed by atoms with Gasteiger partial charge in [0.15, 0.2) is 5.16 Å². The molecular formula is C12H15N3O2S. The number of aromatic nitrogens is 3. The zero-order chi connectivity index (χ0) is 13.0. The first-order chi connectivity index (χ1) is 8.70. The van der Waals surface area contributed by atoms with Gasteiger partial charge >= 0.3 is 0 Å². The van der Waals surface area contributed by atoms with Crippen LogP contribution in [0.4, 0.5) is 0 Å². The minimum absolute atomic E-state index is 0.527. The number of benzene rings is 1. The lowest BCUT2D eigenvalue weighted by Gasteiger charge is -2.11. The SMILES string of the molecule is COc1cccc(C(O)CSc2ncnn2C)c1. The van der Waals surface area contributed by atoms with Crippen molar-refractivity contribution in [1.82, 2.24) is 14.8 Å². The summed E-state index contributed by atoms with van der Waals surface area (Å²) in [5.41, 5.74) is 0.837. The van der Waals surface area contributed by atoms with Crippen LogP contribution in [0.5, 0.6) is 5.75 Å². The maximum Gasteiger partial charge on any atom is 0.185 e. The van der Waals surface area contributed by atoms with E-state index in [9.17, 15) is 5.11 Å². The van der Waals surface area contributed by atoms with E-state index < -0.39 is 6.10 Å². The first kappa shape index (κ1) is 12.9. The van der Waals surface area contributed by atoms with Crippen LogP contribution < -0.4 is 4.74 Å². The van der Waals surface area contributed by atoms with Crippen LogP contribution in [0.25, 0.3) is 0 Å². The Morgan fingerprint density at radius 3 is 3.00 bits per heavy atom. The largest absolute Gasteiger partial charge is 0.497 e. The Morgan fingerprint density at radius 1 is 1.50 bits per heavy atom. The highest BCUT2D eigenvalue weighted by molar-refractivity contribution is 7.99. The minimum atomic E-state index is -0.554. The van der Waals surface area contributed by atoms with Crippen LogP contribution in [-0.4, -0.2) is 32.7 Å². The van der Waals surface area contributed by atoms with Gasteiger partial charge in [0, 0.05) is 12.8 Å². The van der Waals surface area contributed by atoms with Gasteiger partial charge in [0.05, 0.1) is 13.2 Å². The summed E-state index contributed by atoms with van der Waals surface area (Å²) in [5.74, 6) is 1.27. The number of ether oxygens (including phenoxy) is 1. The number of hydrogen-bond donors (Lipinski definition) is 1. The Morgan fingerprint density at radius 2 is 2.33 bits per heavy atom. The molecule has 1 atom stereocenters. The van der Waals surface area contributed by atoms with Crippen LogP contribution in [0.3, 0.4) is 0 Å². The van der Waals surface area contributed by atoms with Crippen LogP contribution in [0.2, 0.25) is 0 Å². The molecule has 0 radical (unpaired) electrons. The fourth-order valence-electron chi connectivity index (χ4n) is 1.51. The molecule has 1 heterocycles. The molecule has 0 saturated carbocycles. The molecule has 0 aliphatic heterocycles. The van der Waals surface area contributed by atoms with Gasteiger partial charge in [-0.2, -0.15) is 5.10 Å². The molecule has 0 spiro atoms. The number of aliphatic hydroxyl groups is 1. The van der Waals surface area contributed by atoms with Crippen molar-refractivity contribution < 1.29 is 9.84 Å². The molecule has 1 aromatic carbocycles. The van der Waals surface area contributed by atoms with Crippen molar-refractivity contribution in [2.45, 2.75) is 11.3 Å². The van der Waals surface area contributed by atoms with Gasteiger partial charge in [-0.1, -0.05) is 23.9 Å². The molecule has 0 bridgehead atoms. The Kier molecular flexibility index (Phi) is 4.22. The highest BCUT2D eigenvalue weighted by Gasteiger charge is 2.11. The molecule has 0 fully saturated rings. The summed E-state index contributed by atoms with van der Waals surface area (Å²) in [6.45, 7) is 0. The molecule has 1 aromatic heterocycles. The van der Waals surface area contributed by atoms with Gasteiger partial charge in [0.25, 0.3) is 0 Å². The number of aryl methyl sites for hydroxylation is 1. The molecule has 0 amide bonds. The topological polar surface area (TPSA) is 60.2 Å². The van der Waals surface area contributed by atoms with E-state index in [0.717, 1.165) is 16.5 Å². The molecule has 0 aliphatic carbocycles. The summed E-state index contributed by atoms with van der Waals surface area (Å²) < 4.78 is 6.81. The number of hydrogen-bond acceptors (Lipinski definition) is 5. The Hall–Kier alpha value is -1.53. The van der Waals surface area contributed by atoms with Crippen molar-refractivity contribution in [3.8, 4) is 5.75 Å². The number of methoxy groups -OCH3 is 1. The van der Waals surface area contributed by atoms with Gasteiger partial charge in [-0.25, -0.2) is 9.67 Å². The fourth-order valence-corrected chi connectivity index (χ4v) is 2.37. The third-order valence-corrected chi connectivity index (χ3v) is 3.63. The molecule has 5 nitrogen and oxygen atoms in total. The van der Waals surface area contributed by atoms with E-state index in [1.54, 1.807) is 11.8 Å². The van der Waals surface area contributed by atoms with E-state index in [1.165, 1.54) is 18.1 Å². The summed E-state index contributed by atoms with van der Waals surface area (Å²) in [5, 5.41) is 14.9. The maximum atomic E-state index is 10.1. The van der Waals surface area contributed by atoms with Crippen LogP contribution in [0.15, 0.2) is 35.7 Å². The van der Waals surface area contributed by atoms with Crippen molar-refractivity contribution in [2.75, 3.05) is 12.9 Å². The van der Waals surface area contributed by atoms with Crippen molar-refractivity contribution in [3.05, 3.63) is 36.2 Å². The first-order valence-electron chi connectivity index (χ1n) is 5.49. The standard InChI is InChI=1S/C12H15N3O2S/c1-15-12(13-8-14-15)18-7-11(16)9-4-3-5-10(6-9)17-2/h3-6,8,11,16H,7H2,1-2H3. The second kappa shape index (κ2) is 5.88. The van der Waals surface area contributed by atoms with Crippen LogP contribution in [-0.2, 0) is 7.05 Å². The molecule has 0 saturated heterocycles. The van der Waals surface area contributed by atoms with Crippen molar-refractivity contribution in [3.63, 3.8) is 0 Å². The summed E-state index contributed by atoms with van der Waals surface area (Å²) >= 11 is 1.47. The average Bonchev–Trinajstić information content (AvgIpc) is 2.81. The number of thioether (sulfide) groups is 1. The van der Waals surface area contributed by atoms with Gasteiger partial charge in [0.2, 0.25) is 0 Å². The lowest BCUT2D eigenvalue weighted by atomic mass is 10.1. The van der Waals surface area contributed by atoms with Crippen molar-refractivity contribution in [2.24, 2.45) is 7.05 Å². The van der Waals surface area contributed by atoms with Gasteiger partial charge < -0.3 is 9.84 Å². The second-order valence-electron chi connectivity index (χ2n) is 3.77. The average molecular weight is 265 g/mol. The predicted octanol–water partition coefficient (Wildman–Crippen LogP) is 1.65. The first-order valence-corrected chi connectivity index (χ1v) is 6.48. The normalized spacial score (nSPS) is 12.4. The van der Waals surface area contributed by atoms with Crippen LogP contribution >= 0.6 is 11.8 Å². The Labute approximate surface area is 110 Å². The maximum absolute atomic E-state index is 10.1. The Bertz CT molecular complexity index is 516. The monoisotopic (exact) mass is 265 g/mol. The summed E-state index contributed by atoms with van der Waals surface area (Å²) in [6.07, 6.45) is 0.946. The molecule has 18 heavy (non-hydrogen) atoms. The lowest BCUT2D eigenvalue weighted by molar-refractivity contribution is 0.203. The smallest absolute Gasteiger partial charge is 0.185 e. The zero-order valence-electron chi connectivity index (χ0n) is 10.3. The summed E-state index contributed by atoms with van der Waals surface area (Å²) in [7, 11) is 3.44. The van der Waals surface area contributed by atoms with Gasteiger partial charge in [-0.15, -0.1) is 0 Å². The molecule has 6 heteroatoms. The third kappa shape index (κ3) is 3.02. The van der Waals surface area contributed by atoms with E-state index in [1.807, 2.05) is 31.3 Å². The van der Waals surface area contributed by atoms with Gasteiger partial charge in [-0.05, 0) is 17.7 Å². The molecular weight excluding hydrogens is 250 g/mol. The van der Waals surface area contributed by atoms with Crippen LogP contribution in [0.1, 0.15) is 11.7 Å². The minimum Gasteiger partial charge on any atom is -0.497 e. The molecule has 96 valence electrons. The second-order valence-corrected chi connectivity index (χ2v) is 4.76. The molecule has 1 N–H and O–H groups in total. The lowest BCUT2D eigenvalue weighted by Crippen LogP contribution is -2.02. The molecule has 2 rings (SSSR count). The third-order valence-electron chi connectivity index (χ3n) is 2.52.